The standard InChI is InChI=1S/C15H20FN3O/c1-2-7-18-8-10-19(11-9-18)15(20)17-12-13-5-3-4-6-14(13)16/h2-6H,1,7-12H2,(H,17,20). The Bertz CT molecular complexity index is 470. The lowest BCUT2D eigenvalue weighted by Crippen LogP contribution is -2.51. The van der Waals surface area contributed by atoms with Crippen LogP contribution in [0.3, 0.4) is 0 Å². The molecule has 2 rings (SSSR count). The van der Waals surface area contributed by atoms with Gasteiger partial charge in [0.2, 0.25) is 0 Å². The number of nitrogens with one attached hydrogen (secondary N) is 1. The molecule has 0 spiro atoms. The highest BCUT2D eigenvalue weighted by molar-refractivity contribution is 5.74. The minimum atomic E-state index is -0.288. The van der Waals surface area contributed by atoms with Crippen LogP contribution in [0, 0.1) is 5.82 Å². The number of rotatable bonds is 4. The van der Waals surface area contributed by atoms with Crippen LogP contribution in [0.25, 0.3) is 0 Å². The fourth-order valence-electron chi connectivity index (χ4n) is 2.24. The van der Waals surface area contributed by atoms with Gasteiger partial charge in [0.25, 0.3) is 0 Å². The first-order valence-electron chi connectivity index (χ1n) is 6.80. The minimum absolute atomic E-state index is 0.133. The molecule has 5 heteroatoms. The van der Waals surface area contributed by atoms with Gasteiger partial charge in [0.15, 0.2) is 0 Å². The Morgan fingerprint density at radius 3 is 2.65 bits per heavy atom. The molecule has 0 aliphatic carbocycles. The number of piperazine rings is 1. The molecule has 1 N–H and O–H groups in total. The molecule has 1 heterocycles. The number of amides is 2. The van der Waals surface area contributed by atoms with Crippen molar-refractivity contribution in [3.8, 4) is 0 Å². The van der Waals surface area contributed by atoms with E-state index in [-0.39, 0.29) is 18.4 Å². The van der Waals surface area contributed by atoms with E-state index in [4.69, 9.17) is 0 Å². The van der Waals surface area contributed by atoms with Gasteiger partial charge in [-0.1, -0.05) is 24.3 Å². The fourth-order valence-corrected chi connectivity index (χ4v) is 2.24. The molecule has 1 fully saturated rings. The molecule has 1 aliphatic rings. The Hall–Kier alpha value is -1.88. The summed E-state index contributed by atoms with van der Waals surface area (Å²) in [5.41, 5.74) is 0.506. The van der Waals surface area contributed by atoms with Gasteiger partial charge in [-0.15, -0.1) is 6.58 Å². The third kappa shape index (κ3) is 3.81. The van der Waals surface area contributed by atoms with E-state index < -0.39 is 0 Å². The van der Waals surface area contributed by atoms with Crippen LogP contribution in [-0.2, 0) is 6.54 Å². The Kier molecular flexibility index (Phi) is 5.12. The predicted molar refractivity (Wildman–Crippen MR) is 76.8 cm³/mol. The molecule has 0 unspecified atom stereocenters. The molecule has 1 aliphatic heterocycles. The number of benzene rings is 1. The zero-order valence-corrected chi connectivity index (χ0v) is 11.5. The van der Waals surface area contributed by atoms with Crippen LogP contribution in [0.15, 0.2) is 36.9 Å². The smallest absolute Gasteiger partial charge is 0.317 e. The van der Waals surface area contributed by atoms with Crippen molar-refractivity contribution in [2.24, 2.45) is 0 Å². The van der Waals surface area contributed by atoms with Crippen molar-refractivity contribution in [1.29, 1.82) is 0 Å². The maximum Gasteiger partial charge on any atom is 0.317 e. The van der Waals surface area contributed by atoms with Gasteiger partial charge in [-0.2, -0.15) is 0 Å². The number of halogens is 1. The van der Waals surface area contributed by atoms with Crippen LogP contribution < -0.4 is 5.32 Å². The first-order chi connectivity index (χ1) is 9.70. The van der Waals surface area contributed by atoms with Crippen LogP contribution in [-0.4, -0.2) is 48.6 Å². The summed E-state index contributed by atoms with van der Waals surface area (Å²) in [6, 6.07) is 6.34. The van der Waals surface area contributed by atoms with Crippen molar-refractivity contribution in [3.63, 3.8) is 0 Å². The molecule has 2 amide bonds. The molecule has 0 radical (unpaired) electrons. The van der Waals surface area contributed by atoms with Crippen LogP contribution in [0.4, 0.5) is 9.18 Å². The molecule has 0 atom stereocenters. The maximum atomic E-state index is 13.4. The summed E-state index contributed by atoms with van der Waals surface area (Å²) in [4.78, 5) is 16.0. The second-order valence-electron chi connectivity index (χ2n) is 4.83. The van der Waals surface area contributed by atoms with E-state index in [1.54, 1.807) is 23.1 Å². The van der Waals surface area contributed by atoms with E-state index in [1.807, 2.05) is 6.08 Å². The number of hydrogen-bond donors (Lipinski definition) is 1. The van der Waals surface area contributed by atoms with E-state index in [2.05, 4.69) is 16.8 Å². The minimum Gasteiger partial charge on any atom is -0.334 e. The van der Waals surface area contributed by atoms with Gasteiger partial charge in [0, 0.05) is 44.8 Å². The van der Waals surface area contributed by atoms with Crippen molar-refractivity contribution in [2.75, 3.05) is 32.7 Å². The molecule has 20 heavy (non-hydrogen) atoms. The van der Waals surface area contributed by atoms with E-state index in [9.17, 15) is 9.18 Å². The number of carbonyl (C=O) groups is 1. The summed E-state index contributed by atoms with van der Waals surface area (Å²) < 4.78 is 13.4. The van der Waals surface area contributed by atoms with Crippen molar-refractivity contribution in [1.82, 2.24) is 15.1 Å². The van der Waals surface area contributed by atoms with Crippen molar-refractivity contribution < 1.29 is 9.18 Å². The van der Waals surface area contributed by atoms with Gasteiger partial charge in [-0.25, -0.2) is 9.18 Å². The summed E-state index contributed by atoms with van der Waals surface area (Å²) in [6.07, 6.45) is 1.87. The first-order valence-corrected chi connectivity index (χ1v) is 6.80. The Labute approximate surface area is 118 Å². The summed E-state index contributed by atoms with van der Waals surface area (Å²) in [7, 11) is 0. The molecular weight excluding hydrogens is 257 g/mol. The van der Waals surface area contributed by atoms with Crippen molar-refractivity contribution >= 4 is 6.03 Å². The second-order valence-corrected chi connectivity index (χ2v) is 4.83. The lowest BCUT2D eigenvalue weighted by molar-refractivity contribution is 0.146. The molecule has 108 valence electrons. The van der Waals surface area contributed by atoms with Gasteiger partial charge in [-0.3, -0.25) is 4.90 Å². The Morgan fingerprint density at radius 1 is 1.30 bits per heavy atom. The van der Waals surface area contributed by atoms with E-state index in [0.29, 0.717) is 18.7 Å². The van der Waals surface area contributed by atoms with Gasteiger partial charge in [0.1, 0.15) is 5.82 Å². The lowest BCUT2D eigenvalue weighted by atomic mass is 10.2. The summed E-state index contributed by atoms with van der Waals surface area (Å²) in [5, 5.41) is 2.76. The van der Waals surface area contributed by atoms with E-state index in [0.717, 1.165) is 19.6 Å². The Balaban J connectivity index is 1.79. The van der Waals surface area contributed by atoms with E-state index in [1.165, 1.54) is 6.07 Å². The van der Waals surface area contributed by atoms with E-state index >= 15 is 0 Å². The number of nitrogens with zero attached hydrogens (tertiary/aromatic N) is 2. The molecular formula is C15H20FN3O. The third-order valence-corrected chi connectivity index (χ3v) is 3.43. The highest BCUT2D eigenvalue weighted by atomic mass is 19.1. The fraction of sp³-hybridized carbons (Fsp3) is 0.400. The van der Waals surface area contributed by atoms with Crippen molar-refractivity contribution in [3.05, 3.63) is 48.3 Å². The summed E-state index contributed by atoms with van der Waals surface area (Å²) in [5.74, 6) is -0.288. The summed E-state index contributed by atoms with van der Waals surface area (Å²) in [6.45, 7) is 7.86. The number of urea groups is 1. The van der Waals surface area contributed by atoms with Gasteiger partial charge in [0.05, 0.1) is 0 Å². The predicted octanol–water partition coefficient (Wildman–Crippen LogP) is 1.84. The zero-order valence-electron chi connectivity index (χ0n) is 11.5. The van der Waals surface area contributed by atoms with Crippen LogP contribution in [0.2, 0.25) is 0 Å². The van der Waals surface area contributed by atoms with Gasteiger partial charge in [-0.05, 0) is 6.07 Å². The quantitative estimate of drug-likeness (QED) is 0.852. The zero-order chi connectivity index (χ0) is 14.4. The largest absolute Gasteiger partial charge is 0.334 e. The van der Waals surface area contributed by atoms with Gasteiger partial charge < -0.3 is 10.2 Å². The Morgan fingerprint density at radius 2 is 2.00 bits per heavy atom. The molecule has 1 saturated heterocycles. The van der Waals surface area contributed by atoms with Crippen LogP contribution >= 0.6 is 0 Å². The van der Waals surface area contributed by atoms with Crippen LogP contribution in [0.5, 0.6) is 0 Å². The number of carbonyl (C=O) groups excluding carboxylic acids is 1. The second kappa shape index (κ2) is 7.05. The molecule has 4 nitrogen and oxygen atoms in total. The highest BCUT2D eigenvalue weighted by Crippen LogP contribution is 2.07. The third-order valence-electron chi connectivity index (χ3n) is 3.43. The lowest BCUT2D eigenvalue weighted by Gasteiger charge is -2.34. The monoisotopic (exact) mass is 277 g/mol. The first kappa shape index (κ1) is 14.5. The molecule has 1 aromatic carbocycles. The van der Waals surface area contributed by atoms with Gasteiger partial charge >= 0.3 is 6.03 Å². The normalized spacial score (nSPS) is 15.9. The average molecular weight is 277 g/mol. The van der Waals surface area contributed by atoms with Crippen molar-refractivity contribution in [2.45, 2.75) is 6.54 Å². The average Bonchev–Trinajstić information content (AvgIpc) is 2.47. The SMILES string of the molecule is C=CCN1CCN(C(=O)NCc2ccccc2F)CC1. The molecule has 0 bridgehead atoms. The highest BCUT2D eigenvalue weighted by Gasteiger charge is 2.20. The number of hydrogen-bond acceptors (Lipinski definition) is 2. The summed E-state index contributed by atoms with van der Waals surface area (Å²) >= 11 is 0. The van der Waals surface area contributed by atoms with Crippen LogP contribution in [0.1, 0.15) is 5.56 Å². The maximum absolute atomic E-state index is 13.4. The molecule has 1 aromatic rings. The molecule has 0 saturated carbocycles. The topological polar surface area (TPSA) is 35.6 Å². The molecule has 0 aromatic heterocycles.